The molecule has 0 saturated carbocycles. The molecule has 1 heterocycles. The van der Waals surface area contributed by atoms with E-state index in [-0.39, 0.29) is 22.9 Å². The van der Waals surface area contributed by atoms with E-state index in [1.54, 1.807) is 4.57 Å². The van der Waals surface area contributed by atoms with Crippen LogP contribution in [0.25, 0.3) is 16.6 Å². The third kappa shape index (κ3) is 5.89. The summed E-state index contributed by atoms with van der Waals surface area (Å²) in [4.78, 5) is 34.0. The zero-order valence-corrected chi connectivity index (χ0v) is 20.9. The number of amides is 1. The number of hydrogen-bond acceptors (Lipinski definition) is 3. The van der Waals surface area contributed by atoms with E-state index in [9.17, 15) is 9.59 Å². The van der Waals surface area contributed by atoms with Gasteiger partial charge in [-0.2, -0.15) is 0 Å². The fourth-order valence-corrected chi connectivity index (χ4v) is 4.21. The first-order valence-corrected chi connectivity index (χ1v) is 12.0. The van der Waals surface area contributed by atoms with E-state index >= 15 is 0 Å². The molecule has 0 N–H and O–H groups in total. The Hall–Kier alpha value is -2.95. The predicted octanol–water partition coefficient (Wildman–Crippen LogP) is 6.21. The molecule has 1 aromatic heterocycles. The molecular formula is C28H37N3O2. The number of carbonyl (C=O) groups is 1. The molecule has 1 amide bonds. The van der Waals surface area contributed by atoms with Crippen molar-refractivity contribution < 1.29 is 4.79 Å². The first-order valence-electron chi connectivity index (χ1n) is 12.0. The van der Waals surface area contributed by atoms with E-state index in [1.807, 2.05) is 67.3 Å². The van der Waals surface area contributed by atoms with Crippen molar-refractivity contribution in [1.29, 1.82) is 0 Å². The molecule has 1 unspecified atom stereocenters. The highest BCUT2D eigenvalue weighted by Gasteiger charge is 2.29. The maximum Gasteiger partial charge on any atom is 0.266 e. The quantitative estimate of drug-likeness (QED) is 0.386. The van der Waals surface area contributed by atoms with Crippen LogP contribution in [-0.4, -0.2) is 26.9 Å². The number of rotatable bonds is 8. The van der Waals surface area contributed by atoms with Gasteiger partial charge >= 0.3 is 0 Å². The normalized spacial score (nSPS) is 12.7. The fraction of sp³-hybridized carbons (Fsp3) is 0.464. The lowest BCUT2D eigenvalue weighted by molar-refractivity contribution is -0.135. The van der Waals surface area contributed by atoms with Crippen molar-refractivity contribution in [3.63, 3.8) is 0 Å². The van der Waals surface area contributed by atoms with Crippen LogP contribution < -0.4 is 5.56 Å². The van der Waals surface area contributed by atoms with Crippen LogP contribution >= 0.6 is 0 Å². The summed E-state index contributed by atoms with van der Waals surface area (Å²) >= 11 is 0. The van der Waals surface area contributed by atoms with Crippen molar-refractivity contribution in [2.24, 2.45) is 5.41 Å². The molecule has 0 spiro atoms. The van der Waals surface area contributed by atoms with Gasteiger partial charge in [-0.1, -0.05) is 64.8 Å². The minimum Gasteiger partial charge on any atom is -0.333 e. The zero-order valence-electron chi connectivity index (χ0n) is 20.9. The molecule has 5 nitrogen and oxygen atoms in total. The Labute approximate surface area is 197 Å². The van der Waals surface area contributed by atoms with Gasteiger partial charge in [0.15, 0.2) is 0 Å². The summed E-state index contributed by atoms with van der Waals surface area (Å²) in [5.74, 6) is 0.701. The van der Waals surface area contributed by atoms with Crippen LogP contribution in [0, 0.1) is 12.3 Å². The van der Waals surface area contributed by atoms with E-state index in [0.29, 0.717) is 29.7 Å². The van der Waals surface area contributed by atoms with Crippen LogP contribution in [0.5, 0.6) is 0 Å². The van der Waals surface area contributed by atoms with Gasteiger partial charge in [0.05, 0.1) is 22.6 Å². The lowest BCUT2D eigenvalue weighted by Crippen LogP contribution is -2.39. The standard InChI is InChI=1S/C28H37N3O2/c1-7-8-11-17-30(25(32)19-28(4,5)6)21(3)26-29-24-16-10-9-15-23(24)27(33)31(26)22-14-12-13-20(2)18-22/h9-10,12-16,18,21H,7-8,11,17,19H2,1-6H3. The van der Waals surface area contributed by atoms with Crippen LogP contribution in [0.15, 0.2) is 53.3 Å². The largest absolute Gasteiger partial charge is 0.333 e. The molecule has 33 heavy (non-hydrogen) atoms. The molecule has 0 aliphatic rings. The molecular weight excluding hydrogens is 410 g/mol. The first-order chi connectivity index (χ1) is 15.6. The summed E-state index contributed by atoms with van der Waals surface area (Å²) in [6.07, 6.45) is 3.52. The van der Waals surface area contributed by atoms with Gasteiger partial charge in [-0.15, -0.1) is 0 Å². The van der Waals surface area contributed by atoms with Crippen molar-refractivity contribution >= 4 is 16.8 Å². The Morgan fingerprint density at radius 3 is 2.48 bits per heavy atom. The summed E-state index contributed by atoms with van der Waals surface area (Å²) in [5, 5.41) is 0.577. The van der Waals surface area contributed by atoms with Gasteiger partial charge in [0.2, 0.25) is 5.91 Å². The SMILES string of the molecule is CCCCCN(C(=O)CC(C)(C)C)C(C)c1nc2ccccc2c(=O)n1-c1cccc(C)c1. The Morgan fingerprint density at radius 1 is 1.09 bits per heavy atom. The fourth-order valence-electron chi connectivity index (χ4n) is 4.21. The second-order valence-electron chi connectivity index (χ2n) is 10.2. The highest BCUT2D eigenvalue weighted by Crippen LogP contribution is 2.27. The van der Waals surface area contributed by atoms with Crippen LogP contribution in [-0.2, 0) is 4.79 Å². The topological polar surface area (TPSA) is 55.2 Å². The Bertz CT molecular complexity index is 1170. The number of aryl methyl sites for hydroxylation is 1. The Balaban J connectivity index is 2.18. The second kappa shape index (κ2) is 10.3. The summed E-state index contributed by atoms with van der Waals surface area (Å²) in [7, 11) is 0. The van der Waals surface area contributed by atoms with E-state index in [1.165, 1.54) is 0 Å². The number of aromatic nitrogens is 2. The van der Waals surface area contributed by atoms with Crippen molar-refractivity contribution in [2.45, 2.75) is 73.3 Å². The molecule has 0 saturated heterocycles. The minimum atomic E-state index is -0.338. The molecule has 5 heteroatoms. The number of para-hydroxylation sites is 1. The highest BCUT2D eigenvalue weighted by molar-refractivity contribution is 5.79. The Morgan fingerprint density at radius 2 is 1.82 bits per heavy atom. The summed E-state index contributed by atoms with van der Waals surface area (Å²) in [5.41, 5.74) is 2.27. The molecule has 176 valence electrons. The number of hydrogen-bond donors (Lipinski definition) is 0. The van der Waals surface area contributed by atoms with Crippen LogP contribution in [0.4, 0.5) is 0 Å². The smallest absolute Gasteiger partial charge is 0.266 e. The summed E-state index contributed by atoms with van der Waals surface area (Å²) in [6.45, 7) is 13.1. The molecule has 0 bridgehead atoms. The lowest BCUT2D eigenvalue weighted by atomic mass is 9.91. The van der Waals surface area contributed by atoms with Gasteiger partial charge < -0.3 is 4.90 Å². The van der Waals surface area contributed by atoms with Gasteiger partial charge in [-0.05, 0) is 55.5 Å². The molecule has 0 aliphatic carbocycles. The van der Waals surface area contributed by atoms with Crippen LogP contribution in [0.1, 0.15) is 77.7 Å². The second-order valence-corrected chi connectivity index (χ2v) is 10.2. The van der Waals surface area contributed by atoms with Crippen molar-refractivity contribution in [1.82, 2.24) is 14.5 Å². The van der Waals surface area contributed by atoms with Crippen molar-refractivity contribution in [3.05, 3.63) is 70.3 Å². The van der Waals surface area contributed by atoms with Gasteiger partial charge in [-0.25, -0.2) is 4.98 Å². The molecule has 2 aromatic carbocycles. The zero-order chi connectivity index (χ0) is 24.2. The number of nitrogens with zero attached hydrogens (tertiary/aromatic N) is 3. The van der Waals surface area contributed by atoms with E-state index in [2.05, 4.69) is 27.7 Å². The summed E-state index contributed by atoms with van der Waals surface area (Å²) < 4.78 is 1.69. The van der Waals surface area contributed by atoms with E-state index in [0.717, 1.165) is 30.5 Å². The first kappa shape index (κ1) is 24.7. The van der Waals surface area contributed by atoms with Gasteiger partial charge in [0.25, 0.3) is 5.56 Å². The van der Waals surface area contributed by atoms with Gasteiger partial charge in [0, 0.05) is 13.0 Å². The van der Waals surface area contributed by atoms with Crippen molar-refractivity contribution in [2.75, 3.05) is 6.54 Å². The average Bonchev–Trinajstić information content (AvgIpc) is 2.75. The molecule has 0 radical (unpaired) electrons. The van der Waals surface area contributed by atoms with E-state index < -0.39 is 0 Å². The molecule has 3 rings (SSSR count). The maximum atomic E-state index is 13.7. The average molecular weight is 448 g/mol. The van der Waals surface area contributed by atoms with E-state index in [4.69, 9.17) is 4.98 Å². The Kier molecular flexibility index (Phi) is 7.72. The monoisotopic (exact) mass is 447 g/mol. The number of unbranched alkanes of at least 4 members (excludes halogenated alkanes) is 2. The highest BCUT2D eigenvalue weighted by atomic mass is 16.2. The molecule has 0 aliphatic heterocycles. The maximum absolute atomic E-state index is 13.7. The third-order valence-electron chi connectivity index (χ3n) is 5.91. The molecule has 0 fully saturated rings. The van der Waals surface area contributed by atoms with Crippen molar-refractivity contribution in [3.8, 4) is 5.69 Å². The number of fused-ring (bicyclic) bond motifs is 1. The lowest BCUT2D eigenvalue weighted by Gasteiger charge is -2.33. The predicted molar refractivity (Wildman–Crippen MR) is 136 cm³/mol. The van der Waals surface area contributed by atoms with Crippen LogP contribution in [0.3, 0.4) is 0 Å². The van der Waals surface area contributed by atoms with Gasteiger partial charge in [0.1, 0.15) is 5.82 Å². The third-order valence-corrected chi connectivity index (χ3v) is 5.91. The molecule has 3 aromatic rings. The van der Waals surface area contributed by atoms with Gasteiger partial charge in [-0.3, -0.25) is 14.2 Å². The minimum absolute atomic E-state index is 0.101. The number of benzene rings is 2. The van der Waals surface area contributed by atoms with Crippen LogP contribution in [0.2, 0.25) is 0 Å². The molecule has 1 atom stereocenters. The number of carbonyl (C=O) groups excluding carboxylic acids is 1. The summed E-state index contributed by atoms with van der Waals surface area (Å²) in [6, 6.07) is 15.0.